The lowest BCUT2D eigenvalue weighted by Gasteiger charge is -2.07. The normalized spacial score (nSPS) is 9.89. The third-order valence-corrected chi connectivity index (χ3v) is 2.37. The molecule has 0 saturated carbocycles. The number of anilines is 1. The van der Waals surface area contributed by atoms with Crippen molar-refractivity contribution in [2.45, 2.75) is 0 Å². The maximum atomic E-state index is 10.6. The molecule has 19 heavy (non-hydrogen) atoms. The van der Waals surface area contributed by atoms with Gasteiger partial charge in [0, 0.05) is 12.3 Å². The number of para-hydroxylation sites is 1. The van der Waals surface area contributed by atoms with Crippen LogP contribution in [-0.4, -0.2) is 23.1 Å². The fraction of sp³-hybridized carbons (Fsp3) is 0.154. The number of hydrogen-bond acceptors (Lipinski definition) is 5. The molecule has 0 aliphatic rings. The molecule has 1 aromatic carbocycles. The van der Waals surface area contributed by atoms with E-state index in [1.807, 2.05) is 30.3 Å². The van der Waals surface area contributed by atoms with Gasteiger partial charge in [-0.05, 0) is 12.1 Å². The summed E-state index contributed by atoms with van der Waals surface area (Å²) < 4.78 is 5.48. The Bertz CT molecular complexity index is 546. The number of hydrogen-bond donors (Lipinski definition) is 1. The van der Waals surface area contributed by atoms with Gasteiger partial charge in [0.1, 0.15) is 18.2 Å². The first-order valence-electron chi connectivity index (χ1n) is 5.78. The SMILES string of the molecule is O=[N+]([O-])c1ccnc(NCCOc2ccccc2)c1. The Morgan fingerprint density at radius 2 is 2.05 bits per heavy atom. The number of nitrogens with one attached hydrogen (secondary N) is 1. The summed E-state index contributed by atoms with van der Waals surface area (Å²) in [6.07, 6.45) is 1.40. The molecule has 6 nitrogen and oxygen atoms in total. The number of ether oxygens (including phenoxy) is 1. The van der Waals surface area contributed by atoms with Gasteiger partial charge in [-0.3, -0.25) is 10.1 Å². The highest BCUT2D eigenvalue weighted by Gasteiger charge is 2.05. The average Bonchev–Trinajstić information content (AvgIpc) is 2.45. The van der Waals surface area contributed by atoms with E-state index in [0.29, 0.717) is 19.0 Å². The molecule has 0 bridgehead atoms. The van der Waals surface area contributed by atoms with E-state index >= 15 is 0 Å². The molecule has 0 radical (unpaired) electrons. The van der Waals surface area contributed by atoms with Gasteiger partial charge in [0.2, 0.25) is 0 Å². The molecule has 6 heteroatoms. The number of nitro groups is 1. The molecule has 0 fully saturated rings. The predicted molar refractivity (Wildman–Crippen MR) is 71.3 cm³/mol. The Labute approximate surface area is 110 Å². The fourth-order valence-electron chi connectivity index (χ4n) is 1.49. The Balaban J connectivity index is 1.80. The first-order chi connectivity index (χ1) is 9.25. The van der Waals surface area contributed by atoms with E-state index in [9.17, 15) is 10.1 Å². The van der Waals surface area contributed by atoms with Gasteiger partial charge in [-0.25, -0.2) is 4.98 Å². The van der Waals surface area contributed by atoms with E-state index in [4.69, 9.17) is 4.74 Å². The summed E-state index contributed by atoms with van der Waals surface area (Å²) in [7, 11) is 0. The maximum Gasteiger partial charge on any atom is 0.274 e. The maximum absolute atomic E-state index is 10.6. The van der Waals surface area contributed by atoms with Crippen LogP contribution in [0.2, 0.25) is 0 Å². The molecule has 0 saturated heterocycles. The minimum absolute atomic E-state index is 0.0153. The van der Waals surface area contributed by atoms with Crippen LogP contribution in [0.5, 0.6) is 5.75 Å². The summed E-state index contributed by atoms with van der Waals surface area (Å²) in [5, 5.41) is 13.6. The number of nitrogens with zero attached hydrogens (tertiary/aromatic N) is 2. The van der Waals surface area contributed by atoms with Crippen molar-refractivity contribution < 1.29 is 9.66 Å². The van der Waals surface area contributed by atoms with Gasteiger partial charge in [0.05, 0.1) is 17.5 Å². The molecule has 2 rings (SSSR count). The molecule has 1 heterocycles. The highest BCUT2D eigenvalue weighted by molar-refractivity contribution is 5.44. The zero-order valence-electron chi connectivity index (χ0n) is 10.2. The largest absolute Gasteiger partial charge is 0.492 e. The molecule has 2 aromatic rings. The van der Waals surface area contributed by atoms with Crippen molar-refractivity contribution in [2.24, 2.45) is 0 Å². The predicted octanol–water partition coefficient (Wildman–Crippen LogP) is 2.48. The van der Waals surface area contributed by atoms with Crippen LogP contribution in [-0.2, 0) is 0 Å². The first kappa shape index (κ1) is 12.8. The van der Waals surface area contributed by atoms with Crippen LogP contribution in [0.1, 0.15) is 0 Å². The highest BCUT2D eigenvalue weighted by atomic mass is 16.6. The third kappa shape index (κ3) is 3.95. The molecule has 0 aliphatic carbocycles. The molecule has 0 unspecified atom stereocenters. The van der Waals surface area contributed by atoms with Crippen LogP contribution >= 0.6 is 0 Å². The molecule has 0 aliphatic heterocycles. The van der Waals surface area contributed by atoms with Crippen LogP contribution in [0.15, 0.2) is 48.7 Å². The highest BCUT2D eigenvalue weighted by Crippen LogP contribution is 2.14. The van der Waals surface area contributed by atoms with Crippen molar-refractivity contribution in [3.8, 4) is 5.75 Å². The summed E-state index contributed by atoms with van der Waals surface area (Å²) in [6, 6.07) is 12.2. The summed E-state index contributed by atoms with van der Waals surface area (Å²) >= 11 is 0. The lowest BCUT2D eigenvalue weighted by molar-refractivity contribution is -0.384. The lowest BCUT2D eigenvalue weighted by atomic mass is 10.3. The van der Waals surface area contributed by atoms with E-state index in [0.717, 1.165) is 5.75 Å². The summed E-state index contributed by atoms with van der Waals surface area (Å²) in [4.78, 5) is 14.1. The van der Waals surface area contributed by atoms with E-state index in [-0.39, 0.29) is 5.69 Å². The van der Waals surface area contributed by atoms with Gasteiger partial charge in [-0.2, -0.15) is 0 Å². The molecule has 98 valence electrons. The Hall–Kier alpha value is -2.63. The quantitative estimate of drug-likeness (QED) is 0.490. The number of rotatable bonds is 6. The average molecular weight is 259 g/mol. The van der Waals surface area contributed by atoms with Gasteiger partial charge < -0.3 is 10.1 Å². The second-order valence-corrected chi connectivity index (χ2v) is 3.74. The van der Waals surface area contributed by atoms with Gasteiger partial charge in [-0.1, -0.05) is 18.2 Å². The van der Waals surface area contributed by atoms with Gasteiger partial charge in [-0.15, -0.1) is 0 Å². The third-order valence-electron chi connectivity index (χ3n) is 2.37. The molecule has 0 spiro atoms. The van der Waals surface area contributed by atoms with Crippen molar-refractivity contribution in [1.29, 1.82) is 0 Å². The molecule has 0 atom stereocenters. The molecular formula is C13H13N3O3. The standard InChI is InChI=1S/C13H13N3O3/c17-16(18)11-6-7-14-13(10-11)15-8-9-19-12-4-2-1-3-5-12/h1-7,10H,8-9H2,(H,14,15). The minimum Gasteiger partial charge on any atom is -0.492 e. The van der Waals surface area contributed by atoms with Crippen LogP contribution in [0.3, 0.4) is 0 Å². The van der Waals surface area contributed by atoms with E-state index in [2.05, 4.69) is 10.3 Å². The van der Waals surface area contributed by atoms with Crippen molar-refractivity contribution in [2.75, 3.05) is 18.5 Å². The molecule has 1 N–H and O–H groups in total. The van der Waals surface area contributed by atoms with Gasteiger partial charge >= 0.3 is 0 Å². The van der Waals surface area contributed by atoms with E-state index < -0.39 is 4.92 Å². The number of aromatic nitrogens is 1. The zero-order valence-corrected chi connectivity index (χ0v) is 10.2. The van der Waals surface area contributed by atoms with E-state index in [1.165, 1.54) is 18.3 Å². The van der Waals surface area contributed by atoms with Crippen molar-refractivity contribution in [3.05, 3.63) is 58.8 Å². The van der Waals surface area contributed by atoms with Crippen LogP contribution in [0.25, 0.3) is 0 Å². The van der Waals surface area contributed by atoms with Crippen molar-refractivity contribution in [3.63, 3.8) is 0 Å². The zero-order chi connectivity index (χ0) is 13.5. The summed E-state index contributed by atoms with van der Waals surface area (Å²) in [5.74, 6) is 1.25. The number of pyridine rings is 1. The second kappa shape index (κ2) is 6.34. The Morgan fingerprint density at radius 1 is 1.26 bits per heavy atom. The summed E-state index contributed by atoms with van der Waals surface area (Å²) in [5.41, 5.74) is 0.0153. The van der Waals surface area contributed by atoms with Gasteiger partial charge in [0.15, 0.2) is 0 Å². The molecular weight excluding hydrogens is 246 g/mol. The van der Waals surface area contributed by atoms with Crippen LogP contribution in [0, 0.1) is 10.1 Å². The van der Waals surface area contributed by atoms with Crippen LogP contribution < -0.4 is 10.1 Å². The Kier molecular flexibility index (Phi) is 4.28. The minimum atomic E-state index is -0.451. The van der Waals surface area contributed by atoms with Crippen LogP contribution in [0.4, 0.5) is 11.5 Å². The fourth-order valence-corrected chi connectivity index (χ4v) is 1.49. The lowest BCUT2D eigenvalue weighted by Crippen LogP contribution is -2.12. The second-order valence-electron chi connectivity index (χ2n) is 3.74. The first-order valence-corrected chi connectivity index (χ1v) is 5.78. The smallest absolute Gasteiger partial charge is 0.274 e. The topological polar surface area (TPSA) is 77.3 Å². The summed E-state index contributed by atoms with van der Waals surface area (Å²) in [6.45, 7) is 0.970. The van der Waals surface area contributed by atoms with E-state index in [1.54, 1.807) is 0 Å². The van der Waals surface area contributed by atoms with Crippen molar-refractivity contribution in [1.82, 2.24) is 4.98 Å². The Morgan fingerprint density at radius 3 is 2.79 bits per heavy atom. The van der Waals surface area contributed by atoms with Gasteiger partial charge in [0.25, 0.3) is 5.69 Å². The number of benzene rings is 1. The molecule has 0 amide bonds. The monoisotopic (exact) mass is 259 g/mol. The van der Waals surface area contributed by atoms with Crippen molar-refractivity contribution >= 4 is 11.5 Å². The molecule has 1 aromatic heterocycles.